The van der Waals surface area contributed by atoms with Crippen LogP contribution < -0.4 is 0 Å². The third-order valence-corrected chi connectivity index (χ3v) is 2.24. The van der Waals surface area contributed by atoms with Gasteiger partial charge in [0.2, 0.25) is 0 Å². The summed E-state index contributed by atoms with van der Waals surface area (Å²) < 4.78 is 19.9. The van der Waals surface area contributed by atoms with Crippen LogP contribution in [0.15, 0.2) is 30.3 Å². The Labute approximate surface area is 99.2 Å². The smallest absolute Gasteiger partial charge is 0.429 e. The molecule has 0 aliphatic carbocycles. The molecule has 1 aliphatic rings. The molecule has 0 atom stereocenters. The molecule has 1 aliphatic heterocycles. The zero-order valence-electron chi connectivity index (χ0n) is 9.33. The molecular weight excluding hydrogens is 224 g/mol. The molecule has 1 saturated heterocycles. The van der Waals surface area contributed by atoms with Crippen LogP contribution in [-0.2, 0) is 25.6 Å². The summed E-state index contributed by atoms with van der Waals surface area (Å²) >= 11 is 0. The Morgan fingerprint density at radius 2 is 1.94 bits per heavy atom. The number of carbonyl (C=O) groups is 1. The van der Waals surface area contributed by atoms with Crippen LogP contribution in [0.2, 0.25) is 0 Å². The van der Waals surface area contributed by atoms with Gasteiger partial charge >= 0.3 is 6.16 Å². The van der Waals surface area contributed by atoms with Crippen LogP contribution in [0.25, 0.3) is 0 Å². The second-order valence-corrected chi connectivity index (χ2v) is 3.62. The van der Waals surface area contributed by atoms with E-state index in [0.29, 0.717) is 13.2 Å². The third kappa shape index (κ3) is 4.05. The Bertz CT molecular complexity index is 345. The van der Waals surface area contributed by atoms with Crippen LogP contribution in [0.5, 0.6) is 0 Å². The predicted octanol–water partition coefficient (Wildman–Crippen LogP) is 1.71. The van der Waals surface area contributed by atoms with Crippen molar-refractivity contribution in [3.63, 3.8) is 0 Å². The van der Waals surface area contributed by atoms with Crippen molar-refractivity contribution in [2.75, 3.05) is 20.0 Å². The standard InChI is InChI=1S/C12H14O5/c13-12(17-11-7-14-9-15-8-11)16-6-10-4-2-1-3-5-10/h1-5,11H,6-9H2. The van der Waals surface area contributed by atoms with Crippen molar-refractivity contribution < 1.29 is 23.7 Å². The van der Waals surface area contributed by atoms with Crippen molar-refractivity contribution in [2.24, 2.45) is 0 Å². The van der Waals surface area contributed by atoms with Gasteiger partial charge in [-0.15, -0.1) is 0 Å². The quantitative estimate of drug-likeness (QED) is 0.750. The molecule has 0 bridgehead atoms. The topological polar surface area (TPSA) is 54.0 Å². The van der Waals surface area contributed by atoms with E-state index >= 15 is 0 Å². The van der Waals surface area contributed by atoms with Gasteiger partial charge in [0.25, 0.3) is 0 Å². The lowest BCUT2D eigenvalue weighted by Gasteiger charge is -2.21. The Hall–Kier alpha value is -1.59. The maximum atomic E-state index is 11.3. The van der Waals surface area contributed by atoms with Crippen molar-refractivity contribution in [1.29, 1.82) is 0 Å². The largest absolute Gasteiger partial charge is 0.509 e. The van der Waals surface area contributed by atoms with E-state index in [0.717, 1.165) is 5.56 Å². The molecule has 2 rings (SSSR count). The molecule has 0 spiro atoms. The maximum absolute atomic E-state index is 11.3. The summed E-state index contributed by atoms with van der Waals surface area (Å²) in [5.41, 5.74) is 0.917. The zero-order chi connectivity index (χ0) is 11.9. The summed E-state index contributed by atoms with van der Waals surface area (Å²) in [4.78, 5) is 11.3. The SMILES string of the molecule is O=C(OCc1ccccc1)OC1COCOC1. The van der Waals surface area contributed by atoms with E-state index in [4.69, 9.17) is 18.9 Å². The first-order valence-corrected chi connectivity index (χ1v) is 5.37. The number of carbonyl (C=O) groups excluding carboxylic acids is 1. The molecule has 0 unspecified atom stereocenters. The summed E-state index contributed by atoms with van der Waals surface area (Å²) in [5.74, 6) is 0. The number of ether oxygens (including phenoxy) is 4. The Balaban J connectivity index is 1.70. The highest BCUT2D eigenvalue weighted by Gasteiger charge is 2.19. The van der Waals surface area contributed by atoms with E-state index in [1.165, 1.54) is 0 Å². The first kappa shape index (κ1) is 11.9. The maximum Gasteiger partial charge on any atom is 0.509 e. The number of hydrogen-bond acceptors (Lipinski definition) is 5. The highest BCUT2D eigenvalue weighted by atomic mass is 16.8. The molecule has 0 radical (unpaired) electrons. The van der Waals surface area contributed by atoms with Crippen LogP contribution in [0.4, 0.5) is 4.79 Å². The summed E-state index contributed by atoms with van der Waals surface area (Å²) in [6.45, 7) is 1.15. The van der Waals surface area contributed by atoms with Crippen LogP contribution in [0.3, 0.4) is 0 Å². The van der Waals surface area contributed by atoms with Crippen LogP contribution >= 0.6 is 0 Å². The van der Waals surface area contributed by atoms with Crippen LogP contribution in [0, 0.1) is 0 Å². The summed E-state index contributed by atoms with van der Waals surface area (Å²) in [6.07, 6.45) is -1.08. The van der Waals surface area contributed by atoms with E-state index in [1.54, 1.807) is 0 Å². The molecule has 92 valence electrons. The molecule has 1 fully saturated rings. The summed E-state index contributed by atoms with van der Waals surface area (Å²) in [7, 11) is 0. The van der Waals surface area contributed by atoms with Gasteiger partial charge in [0.05, 0.1) is 13.2 Å². The highest BCUT2D eigenvalue weighted by Crippen LogP contribution is 2.05. The third-order valence-electron chi connectivity index (χ3n) is 2.24. The zero-order valence-corrected chi connectivity index (χ0v) is 9.33. The monoisotopic (exact) mass is 238 g/mol. The van der Waals surface area contributed by atoms with Gasteiger partial charge < -0.3 is 18.9 Å². The van der Waals surface area contributed by atoms with Crippen molar-refractivity contribution in [3.05, 3.63) is 35.9 Å². The molecule has 0 aromatic heterocycles. The molecule has 1 heterocycles. The summed E-state index contributed by atoms with van der Waals surface area (Å²) in [5, 5.41) is 0. The Morgan fingerprint density at radius 3 is 2.65 bits per heavy atom. The van der Waals surface area contributed by atoms with Crippen LogP contribution in [0.1, 0.15) is 5.56 Å². The highest BCUT2D eigenvalue weighted by molar-refractivity contribution is 5.60. The fourth-order valence-electron chi connectivity index (χ4n) is 1.42. The molecule has 0 N–H and O–H groups in total. The van der Waals surface area contributed by atoms with Crippen molar-refractivity contribution in [2.45, 2.75) is 12.7 Å². The minimum Gasteiger partial charge on any atom is -0.429 e. The fourth-order valence-corrected chi connectivity index (χ4v) is 1.42. The predicted molar refractivity (Wildman–Crippen MR) is 58.3 cm³/mol. The molecule has 5 nitrogen and oxygen atoms in total. The van der Waals surface area contributed by atoms with Crippen molar-refractivity contribution in [1.82, 2.24) is 0 Å². The minimum atomic E-state index is -0.701. The van der Waals surface area contributed by atoms with Crippen molar-refractivity contribution >= 4 is 6.16 Å². The Kier molecular flexibility index (Phi) is 4.35. The van der Waals surface area contributed by atoms with Gasteiger partial charge in [-0.3, -0.25) is 0 Å². The van der Waals surface area contributed by atoms with Gasteiger partial charge in [-0.25, -0.2) is 4.79 Å². The minimum absolute atomic E-state index is 0.202. The van der Waals surface area contributed by atoms with Gasteiger partial charge in [-0.05, 0) is 5.56 Å². The fraction of sp³-hybridized carbons (Fsp3) is 0.417. The van der Waals surface area contributed by atoms with E-state index in [1.807, 2.05) is 30.3 Å². The molecule has 1 aromatic rings. The Morgan fingerprint density at radius 1 is 1.24 bits per heavy atom. The average Bonchev–Trinajstić information content (AvgIpc) is 2.39. The molecule has 0 amide bonds. The normalized spacial score (nSPS) is 16.5. The summed E-state index contributed by atoms with van der Waals surface area (Å²) in [6, 6.07) is 9.42. The van der Waals surface area contributed by atoms with Gasteiger partial charge in [0, 0.05) is 0 Å². The molecule has 17 heavy (non-hydrogen) atoms. The lowest BCUT2D eigenvalue weighted by molar-refractivity contribution is -0.158. The van der Waals surface area contributed by atoms with E-state index in [-0.39, 0.29) is 19.5 Å². The lowest BCUT2D eigenvalue weighted by Crippen LogP contribution is -2.33. The van der Waals surface area contributed by atoms with E-state index in [9.17, 15) is 4.79 Å². The molecule has 1 aromatic carbocycles. The van der Waals surface area contributed by atoms with Gasteiger partial charge in [0.15, 0.2) is 6.10 Å². The van der Waals surface area contributed by atoms with Crippen LogP contribution in [-0.4, -0.2) is 32.3 Å². The van der Waals surface area contributed by atoms with E-state index in [2.05, 4.69) is 0 Å². The molecular formula is C12H14O5. The number of hydrogen-bond donors (Lipinski definition) is 0. The second-order valence-electron chi connectivity index (χ2n) is 3.62. The molecule has 5 heteroatoms. The van der Waals surface area contributed by atoms with Gasteiger partial charge in [0.1, 0.15) is 13.4 Å². The first-order valence-electron chi connectivity index (χ1n) is 5.37. The average molecular weight is 238 g/mol. The van der Waals surface area contributed by atoms with E-state index < -0.39 is 6.16 Å². The number of rotatable bonds is 3. The first-order chi connectivity index (χ1) is 8.34. The van der Waals surface area contributed by atoms with Crippen molar-refractivity contribution in [3.8, 4) is 0 Å². The second kappa shape index (κ2) is 6.22. The molecule has 0 saturated carbocycles. The lowest BCUT2D eigenvalue weighted by atomic mass is 10.2. The number of benzene rings is 1. The van der Waals surface area contributed by atoms with Gasteiger partial charge in [-0.2, -0.15) is 0 Å². The van der Waals surface area contributed by atoms with Gasteiger partial charge in [-0.1, -0.05) is 30.3 Å².